The second-order valence-electron chi connectivity index (χ2n) is 8.04. The third-order valence-electron chi connectivity index (χ3n) is 5.84. The maximum absolute atomic E-state index is 12.6. The first-order valence-electron chi connectivity index (χ1n) is 11.1. The number of amides is 2. The van der Waals surface area contributed by atoms with E-state index in [-0.39, 0.29) is 11.8 Å². The molecule has 2 amide bonds. The van der Waals surface area contributed by atoms with Gasteiger partial charge in [-0.05, 0) is 57.0 Å². The molecule has 0 atom stereocenters. The molecule has 0 aliphatic carbocycles. The molecule has 0 aromatic heterocycles. The summed E-state index contributed by atoms with van der Waals surface area (Å²) in [5.74, 6) is -0.378. The van der Waals surface area contributed by atoms with E-state index in [1.165, 1.54) is 10.5 Å². The van der Waals surface area contributed by atoms with Gasteiger partial charge in [0, 0.05) is 19.6 Å². The van der Waals surface area contributed by atoms with E-state index < -0.39 is 7.05 Å². The number of imide groups is 1. The van der Waals surface area contributed by atoms with Crippen LogP contribution < -0.4 is 0 Å². The summed E-state index contributed by atoms with van der Waals surface area (Å²) in [7, 11) is -0.443. The molecule has 0 radical (unpaired) electrons. The van der Waals surface area contributed by atoms with Gasteiger partial charge in [0.2, 0.25) is 0 Å². The third kappa shape index (κ3) is 6.03. The van der Waals surface area contributed by atoms with E-state index >= 15 is 0 Å². The largest absolute Gasteiger partial charge is 0.437 e. The van der Waals surface area contributed by atoms with Crippen LogP contribution in [0.25, 0.3) is 0 Å². The average molecular weight is 421 g/mol. The van der Waals surface area contributed by atoms with E-state index in [1.807, 2.05) is 23.0 Å². The van der Waals surface area contributed by atoms with Crippen molar-refractivity contribution in [2.24, 2.45) is 0 Å². The SMILES string of the molecule is CCN(CCCN(CCCN1C(=O)c2ccccc2C1=O)Cc1ccccc1)B(C)O. The minimum Gasteiger partial charge on any atom is -0.437 e. The molecule has 0 unspecified atom stereocenters. The molecule has 2 aromatic rings. The number of hydrogen-bond acceptors (Lipinski definition) is 5. The number of carbonyl (C=O) groups excluding carboxylic acids is 2. The van der Waals surface area contributed by atoms with Crippen LogP contribution in [-0.2, 0) is 6.54 Å². The number of hydrogen-bond donors (Lipinski definition) is 1. The van der Waals surface area contributed by atoms with Crippen LogP contribution in [0.15, 0.2) is 54.6 Å². The lowest BCUT2D eigenvalue weighted by molar-refractivity contribution is 0.0646. The Morgan fingerprint density at radius 3 is 2.03 bits per heavy atom. The van der Waals surface area contributed by atoms with Gasteiger partial charge in [0.1, 0.15) is 0 Å². The van der Waals surface area contributed by atoms with Crippen molar-refractivity contribution in [1.82, 2.24) is 14.6 Å². The van der Waals surface area contributed by atoms with Gasteiger partial charge in [-0.25, -0.2) is 0 Å². The summed E-state index contributed by atoms with van der Waals surface area (Å²) < 4.78 is 0. The highest BCUT2D eigenvalue weighted by Crippen LogP contribution is 2.22. The number of rotatable bonds is 12. The molecule has 6 nitrogen and oxygen atoms in total. The third-order valence-corrected chi connectivity index (χ3v) is 5.84. The second kappa shape index (κ2) is 11.2. The van der Waals surface area contributed by atoms with Crippen LogP contribution in [0.1, 0.15) is 46.0 Å². The first-order chi connectivity index (χ1) is 15.0. The molecule has 0 bridgehead atoms. The van der Waals surface area contributed by atoms with Crippen LogP contribution in [0, 0.1) is 0 Å². The Morgan fingerprint density at radius 2 is 1.45 bits per heavy atom. The number of fused-ring (bicyclic) bond motifs is 1. The van der Waals surface area contributed by atoms with Crippen molar-refractivity contribution in [3.8, 4) is 0 Å². The van der Waals surface area contributed by atoms with Crippen LogP contribution >= 0.6 is 0 Å². The summed E-state index contributed by atoms with van der Waals surface area (Å²) in [5.41, 5.74) is 2.25. The topological polar surface area (TPSA) is 64.1 Å². The highest BCUT2D eigenvalue weighted by Gasteiger charge is 2.34. The summed E-state index contributed by atoms with van der Waals surface area (Å²) in [6, 6.07) is 17.4. The molecule has 0 saturated carbocycles. The maximum atomic E-state index is 12.6. The molecule has 31 heavy (non-hydrogen) atoms. The highest BCUT2D eigenvalue weighted by molar-refractivity contribution is 6.45. The van der Waals surface area contributed by atoms with Crippen LogP contribution in [0.3, 0.4) is 0 Å². The Bertz CT molecular complexity index is 840. The quantitative estimate of drug-likeness (QED) is 0.422. The number of carbonyl (C=O) groups is 2. The molecule has 7 heteroatoms. The van der Waals surface area contributed by atoms with Crippen LogP contribution in [0.2, 0.25) is 6.82 Å². The van der Waals surface area contributed by atoms with E-state index in [4.69, 9.17) is 0 Å². The van der Waals surface area contributed by atoms with E-state index in [1.54, 1.807) is 31.1 Å². The van der Waals surface area contributed by atoms with Crippen molar-refractivity contribution in [1.29, 1.82) is 0 Å². The number of benzene rings is 2. The molecule has 0 fully saturated rings. The monoisotopic (exact) mass is 421 g/mol. The Kier molecular flexibility index (Phi) is 8.40. The summed E-state index contributed by atoms with van der Waals surface area (Å²) in [5, 5.41) is 9.84. The molecule has 3 rings (SSSR count). The predicted octanol–water partition coefficient (Wildman–Crippen LogP) is 3.00. The molecular weight excluding hydrogens is 389 g/mol. The van der Waals surface area contributed by atoms with Gasteiger partial charge in [0.15, 0.2) is 0 Å². The van der Waals surface area contributed by atoms with Crippen molar-refractivity contribution < 1.29 is 14.6 Å². The minimum atomic E-state index is -0.443. The first kappa shape index (κ1) is 23.2. The molecule has 1 aliphatic rings. The van der Waals surface area contributed by atoms with Gasteiger partial charge in [0.05, 0.1) is 11.1 Å². The van der Waals surface area contributed by atoms with Crippen LogP contribution in [0.5, 0.6) is 0 Å². The Labute approximate surface area is 185 Å². The molecule has 164 valence electrons. The molecule has 0 saturated heterocycles. The summed E-state index contributed by atoms with van der Waals surface area (Å²) in [4.78, 5) is 30.9. The lowest BCUT2D eigenvalue weighted by Gasteiger charge is -2.26. The molecular formula is C24H32BN3O3. The summed E-state index contributed by atoms with van der Waals surface area (Å²) in [6.07, 6.45) is 1.67. The Morgan fingerprint density at radius 1 is 0.871 bits per heavy atom. The molecule has 1 aliphatic heterocycles. The summed E-state index contributed by atoms with van der Waals surface area (Å²) >= 11 is 0. The molecule has 2 aromatic carbocycles. The van der Waals surface area contributed by atoms with E-state index in [0.717, 1.165) is 45.6 Å². The number of nitrogens with zero attached hydrogens (tertiary/aromatic N) is 3. The van der Waals surface area contributed by atoms with Gasteiger partial charge in [-0.15, -0.1) is 0 Å². The standard InChI is InChI=1S/C24H32BN3O3/c1-3-27(25(2)31)17-9-15-26(19-20-11-5-4-6-12-20)16-10-18-28-23(29)21-13-7-8-14-22(21)24(28)30/h4-8,11-14,31H,3,9-10,15-19H2,1-2H3. The zero-order chi connectivity index (χ0) is 22.2. The zero-order valence-electron chi connectivity index (χ0n) is 18.5. The van der Waals surface area contributed by atoms with E-state index in [9.17, 15) is 14.6 Å². The second-order valence-corrected chi connectivity index (χ2v) is 8.04. The van der Waals surface area contributed by atoms with Crippen LogP contribution in [0.4, 0.5) is 0 Å². The highest BCUT2D eigenvalue weighted by atomic mass is 16.2. The van der Waals surface area contributed by atoms with Gasteiger partial charge in [-0.3, -0.25) is 19.4 Å². The molecule has 1 heterocycles. The van der Waals surface area contributed by atoms with Gasteiger partial charge >= 0.3 is 7.05 Å². The Balaban J connectivity index is 1.55. The molecule has 0 spiro atoms. The van der Waals surface area contributed by atoms with E-state index in [0.29, 0.717) is 17.7 Å². The zero-order valence-corrected chi connectivity index (χ0v) is 18.5. The average Bonchev–Trinajstić information content (AvgIpc) is 3.02. The van der Waals surface area contributed by atoms with Gasteiger partial charge in [-0.1, -0.05) is 49.4 Å². The van der Waals surface area contributed by atoms with Gasteiger partial charge < -0.3 is 9.83 Å². The smallest absolute Gasteiger partial charge is 0.376 e. The lowest BCUT2D eigenvalue weighted by Crippen LogP contribution is -2.39. The first-order valence-corrected chi connectivity index (χ1v) is 11.1. The van der Waals surface area contributed by atoms with Crippen molar-refractivity contribution in [2.75, 3.05) is 32.7 Å². The fourth-order valence-corrected chi connectivity index (χ4v) is 4.11. The van der Waals surface area contributed by atoms with Crippen molar-refractivity contribution in [2.45, 2.75) is 33.1 Å². The van der Waals surface area contributed by atoms with Gasteiger partial charge in [-0.2, -0.15) is 0 Å². The van der Waals surface area contributed by atoms with Gasteiger partial charge in [0.25, 0.3) is 11.8 Å². The van der Waals surface area contributed by atoms with Crippen molar-refractivity contribution in [3.05, 3.63) is 71.3 Å². The fourth-order valence-electron chi connectivity index (χ4n) is 4.11. The minimum absolute atomic E-state index is 0.189. The molecule has 1 N–H and O–H groups in total. The summed E-state index contributed by atoms with van der Waals surface area (Å²) in [6.45, 7) is 8.43. The van der Waals surface area contributed by atoms with Crippen molar-refractivity contribution in [3.63, 3.8) is 0 Å². The normalized spacial score (nSPS) is 13.4. The maximum Gasteiger partial charge on any atom is 0.376 e. The predicted molar refractivity (Wildman–Crippen MR) is 124 cm³/mol. The Hall–Kier alpha value is -2.48. The van der Waals surface area contributed by atoms with E-state index in [2.05, 4.69) is 24.0 Å². The van der Waals surface area contributed by atoms with Crippen molar-refractivity contribution >= 4 is 18.9 Å². The van der Waals surface area contributed by atoms with Crippen LogP contribution in [-0.4, -0.2) is 71.2 Å². The fraction of sp³-hybridized carbons (Fsp3) is 0.417. The lowest BCUT2D eigenvalue weighted by atomic mass is 9.85.